The summed E-state index contributed by atoms with van der Waals surface area (Å²) in [6, 6.07) is 12.3. The Labute approximate surface area is 170 Å². The van der Waals surface area contributed by atoms with Crippen molar-refractivity contribution in [1.29, 1.82) is 0 Å². The van der Waals surface area contributed by atoms with Gasteiger partial charge in [0.15, 0.2) is 0 Å². The molecule has 2 fully saturated rings. The van der Waals surface area contributed by atoms with Gasteiger partial charge in [-0.3, -0.25) is 14.5 Å². The normalized spacial score (nSPS) is 19.8. The number of thioether (sulfide) groups is 1. The molecule has 28 heavy (non-hydrogen) atoms. The first-order valence-corrected chi connectivity index (χ1v) is 10.9. The van der Waals surface area contributed by atoms with E-state index >= 15 is 0 Å². The van der Waals surface area contributed by atoms with Crippen LogP contribution in [0.25, 0.3) is 11.8 Å². The number of benzene rings is 1. The molecule has 4 rings (SSSR count). The molecule has 146 valence electrons. The summed E-state index contributed by atoms with van der Waals surface area (Å²) in [5, 5.41) is -0.126. The fourth-order valence-electron chi connectivity index (χ4n) is 4.33. The van der Waals surface area contributed by atoms with Crippen LogP contribution >= 0.6 is 11.8 Å². The van der Waals surface area contributed by atoms with Gasteiger partial charge in [0.25, 0.3) is 11.1 Å². The Morgan fingerprint density at radius 1 is 1.07 bits per heavy atom. The molecule has 0 atom stereocenters. The van der Waals surface area contributed by atoms with Crippen LogP contribution in [-0.4, -0.2) is 27.2 Å². The topological polar surface area (TPSA) is 42.3 Å². The second-order valence-corrected chi connectivity index (χ2v) is 8.79. The molecule has 2 heterocycles. The minimum atomic E-state index is -0.134. The second kappa shape index (κ2) is 8.00. The molecule has 2 amide bonds. The van der Waals surface area contributed by atoms with Crippen LogP contribution in [-0.2, 0) is 4.79 Å². The molecular weight excluding hydrogens is 368 g/mol. The lowest BCUT2D eigenvalue weighted by molar-refractivity contribution is -0.123. The van der Waals surface area contributed by atoms with Crippen LogP contribution in [0.4, 0.5) is 4.79 Å². The van der Waals surface area contributed by atoms with Crippen LogP contribution in [0.2, 0.25) is 0 Å². The summed E-state index contributed by atoms with van der Waals surface area (Å²) in [6.45, 7) is 4.69. The molecule has 0 bridgehead atoms. The monoisotopic (exact) mass is 394 g/mol. The molecule has 2 aromatic rings. The lowest BCUT2D eigenvalue weighted by Crippen LogP contribution is -2.34. The third-order valence-electron chi connectivity index (χ3n) is 5.81. The molecule has 0 spiro atoms. The molecule has 0 N–H and O–H groups in total. The maximum atomic E-state index is 12.9. The Hall–Kier alpha value is -2.27. The van der Waals surface area contributed by atoms with Crippen molar-refractivity contribution in [3.05, 3.63) is 58.3 Å². The van der Waals surface area contributed by atoms with Gasteiger partial charge >= 0.3 is 0 Å². The average molecular weight is 395 g/mol. The summed E-state index contributed by atoms with van der Waals surface area (Å²) in [7, 11) is 0. The Balaban J connectivity index is 1.58. The Bertz CT molecular complexity index is 924. The predicted molar refractivity (Wildman–Crippen MR) is 114 cm³/mol. The van der Waals surface area contributed by atoms with E-state index in [0.717, 1.165) is 47.2 Å². The standard InChI is InChI=1S/C23H26N2O2S/c1-16-13-19(17(2)25(16)20-11-7-4-8-12-20)14-21-22(26)24(23(27)28-21)15-18-9-5-3-6-10-18/h4,7-8,11-14,18H,3,5-6,9-10,15H2,1-2H3/b21-14-. The van der Waals surface area contributed by atoms with E-state index in [1.165, 1.54) is 24.2 Å². The van der Waals surface area contributed by atoms with Gasteiger partial charge in [0, 0.05) is 23.6 Å². The number of aryl methyl sites for hydroxylation is 1. The van der Waals surface area contributed by atoms with Gasteiger partial charge in [-0.2, -0.15) is 0 Å². The second-order valence-electron chi connectivity index (χ2n) is 7.79. The molecular formula is C23H26N2O2S. The number of imide groups is 1. The van der Waals surface area contributed by atoms with Crippen LogP contribution in [0, 0.1) is 19.8 Å². The number of nitrogens with zero attached hydrogens (tertiary/aromatic N) is 2. The number of para-hydroxylation sites is 1. The van der Waals surface area contributed by atoms with Gasteiger partial charge < -0.3 is 4.57 Å². The molecule has 1 aromatic heterocycles. The lowest BCUT2D eigenvalue weighted by atomic mass is 9.89. The van der Waals surface area contributed by atoms with E-state index in [4.69, 9.17) is 0 Å². The first kappa shape index (κ1) is 19.1. The summed E-state index contributed by atoms with van der Waals surface area (Å²) >= 11 is 1.07. The van der Waals surface area contributed by atoms with Crippen LogP contribution < -0.4 is 0 Å². The van der Waals surface area contributed by atoms with Crippen molar-refractivity contribution in [3.8, 4) is 5.69 Å². The van der Waals surface area contributed by atoms with Gasteiger partial charge in [-0.1, -0.05) is 37.5 Å². The van der Waals surface area contributed by atoms with Gasteiger partial charge in [-0.15, -0.1) is 0 Å². The molecule has 4 nitrogen and oxygen atoms in total. The molecule has 5 heteroatoms. The zero-order chi connectivity index (χ0) is 19.7. The van der Waals surface area contributed by atoms with Crippen molar-refractivity contribution in [3.63, 3.8) is 0 Å². The van der Waals surface area contributed by atoms with Crippen molar-refractivity contribution >= 4 is 29.0 Å². The number of hydrogen-bond acceptors (Lipinski definition) is 3. The van der Waals surface area contributed by atoms with Crippen molar-refractivity contribution in [2.45, 2.75) is 46.0 Å². The number of amides is 2. The number of carbonyl (C=O) groups is 2. The van der Waals surface area contributed by atoms with E-state index in [9.17, 15) is 9.59 Å². The smallest absolute Gasteiger partial charge is 0.293 e. The van der Waals surface area contributed by atoms with E-state index in [0.29, 0.717) is 17.4 Å². The highest BCUT2D eigenvalue weighted by molar-refractivity contribution is 8.18. The van der Waals surface area contributed by atoms with Crippen LogP contribution in [0.5, 0.6) is 0 Å². The average Bonchev–Trinajstić information content (AvgIpc) is 3.13. The van der Waals surface area contributed by atoms with E-state index in [-0.39, 0.29) is 11.1 Å². The zero-order valence-corrected chi connectivity index (χ0v) is 17.3. The van der Waals surface area contributed by atoms with Crippen molar-refractivity contribution in [2.75, 3.05) is 6.54 Å². The third-order valence-corrected chi connectivity index (χ3v) is 6.72. The maximum absolute atomic E-state index is 12.9. The van der Waals surface area contributed by atoms with Gasteiger partial charge in [-0.05, 0) is 74.2 Å². The zero-order valence-electron chi connectivity index (χ0n) is 16.5. The summed E-state index contributed by atoms with van der Waals surface area (Å²) in [5.41, 5.74) is 4.27. The highest BCUT2D eigenvalue weighted by Crippen LogP contribution is 2.35. The molecule has 0 radical (unpaired) electrons. The molecule has 1 aliphatic heterocycles. The Morgan fingerprint density at radius 3 is 2.50 bits per heavy atom. The van der Waals surface area contributed by atoms with Crippen molar-refractivity contribution in [1.82, 2.24) is 9.47 Å². The largest absolute Gasteiger partial charge is 0.318 e. The highest BCUT2D eigenvalue weighted by atomic mass is 32.2. The Kier molecular flexibility index (Phi) is 5.44. The minimum Gasteiger partial charge on any atom is -0.318 e. The SMILES string of the molecule is Cc1cc(/C=C2\SC(=O)N(CC3CCCCC3)C2=O)c(C)n1-c1ccccc1. The van der Waals surface area contributed by atoms with Gasteiger partial charge in [-0.25, -0.2) is 0 Å². The minimum absolute atomic E-state index is 0.126. The number of hydrogen-bond donors (Lipinski definition) is 0. The molecule has 1 saturated carbocycles. The quantitative estimate of drug-likeness (QED) is 0.624. The molecule has 1 saturated heterocycles. The summed E-state index contributed by atoms with van der Waals surface area (Å²) in [6.07, 6.45) is 7.82. The highest BCUT2D eigenvalue weighted by Gasteiger charge is 2.36. The van der Waals surface area contributed by atoms with Crippen LogP contribution in [0.1, 0.15) is 49.1 Å². The van der Waals surface area contributed by atoms with E-state index in [1.54, 1.807) is 0 Å². The first-order valence-electron chi connectivity index (χ1n) is 10.0. The fraction of sp³-hybridized carbons (Fsp3) is 0.391. The van der Waals surface area contributed by atoms with Crippen LogP contribution in [0.3, 0.4) is 0 Å². The first-order chi connectivity index (χ1) is 13.5. The van der Waals surface area contributed by atoms with E-state index in [1.807, 2.05) is 24.3 Å². The Morgan fingerprint density at radius 2 is 1.79 bits per heavy atom. The molecule has 1 aliphatic carbocycles. The van der Waals surface area contributed by atoms with E-state index < -0.39 is 0 Å². The van der Waals surface area contributed by atoms with E-state index in [2.05, 4.69) is 36.6 Å². The number of carbonyl (C=O) groups excluding carboxylic acids is 2. The predicted octanol–water partition coefficient (Wildman–Crippen LogP) is 5.71. The van der Waals surface area contributed by atoms with Crippen molar-refractivity contribution < 1.29 is 9.59 Å². The summed E-state index contributed by atoms with van der Waals surface area (Å²) in [5.74, 6) is 0.329. The third kappa shape index (κ3) is 3.68. The van der Waals surface area contributed by atoms with Gasteiger partial charge in [0.1, 0.15) is 0 Å². The summed E-state index contributed by atoms with van der Waals surface area (Å²) in [4.78, 5) is 27.3. The van der Waals surface area contributed by atoms with Gasteiger partial charge in [0.05, 0.1) is 4.91 Å². The van der Waals surface area contributed by atoms with Gasteiger partial charge in [0.2, 0.25) is 0 Å². The number of aromatic nitrogens is 1. The lowest BCUT2D eigenvalue weighted by Gasteiger charge is -2.25. The molecule has 0 unspecified atom stereocenters. The van der Waals surface area contributed by atoms with Crippen molar-refractivity contribution in [2.24, 2.45) is 5.92 Å². The summed E-state index contributed by atoms with van der Waals surface area (Å²) < 4.78 is 2.18. The molecule has 2 aliphatic rings. The molecule has 1 aromatic carbocycles. The fourth-order valence-corrected chi connectivity index (χ4v) is 5.17. The maximum Gasteiger partial charge on any atom is 0.293 e. The number of rotatable bonds is 4. The van der Waals surface area contributed by atoms with Crippen LogP contribution in [0.15, 0.2) is 41.3 Å².